The van der Waals surface area contributed by atoms with Crippen LogP contribution in [0.5, 0.6) is 0 Å². The van der Waals surface area contributed by atoms with E-state index in [9.17, 15) is 5.21 Å². The van der Waals surface area contributed by atoms with E-state index in [0.717, 1.165) is 30.4 Å². The van der Waals surface area contributed by atoms with Crippen LogP contribution in [0.3, 0.4) is 0 Å². The van der Waals surface area contributed by atoms with Crippen LogP contribution in [0.4, 0.5) is 0 Å². The van der Waals surface area contributed by atoms with Crippen LogP contribution in [0.1, 0.15) is 30.4 Å². The van der Waals surface area contributed by atoms with Crippen molar-refractivity contribution in [3.05, 3.63) is 89.1 Å². The smallest absolute Gasteiger partial charge is 0.108 e. The zero-order valence-electron chi connectivity index (χ0n) is 12.9. The molecule has 1 aliphatic carbocycles. The van der Waals surface area contributed by atoms with Crippen LogP contribution in [0.15, 0.2) is 72.8 Å². The monoisotopic (exact) mass is 293 g/mol. The lowest BCUT2D eigenvalue weighted by molar-refractivity contribution is -0.925. The summed E-state index contributed by atoms with van der Waals surface area (Å²) < 4.78 is -0.190. The van der Waals surface area contributed by atoms with Gasteiger partial charge in [-0.25, -0.2) is 0 Å². The number of quaternary nitrogens is 1. The lowest BCUT2D eigenvalue weighted by Crippen LogP contribution is -2.48. The van der Waals surface area contributed by atoms with Crippen molar-refractivity contribution in [2.75, 3.05) is 0 Å². The number of rotatable bonds is 5. The molecule has 0 bridgehead atoms. The van der Waals surface area contributed by atoms with Crippen molar-refractivity contribution in [1.82, 2.24) is 0 Å². The fraction of sp³-hybridized carbons (Fsp3) is 0.300. The lowest BCUT2D eigenvalue weighted by atomic mass is 9.99. The normalized spacial score (nSPS) is 18.3. The molecule has 0 aromatic heterocycles. The van der Waals surface area contributed by atoms with Crippen molar-refractivity contribution in [3.8, 4) is 0 Å². The average molecular weight is 293 g/mol. The second-order valence-electron chi connectivity index (χ2n) is 6.17. The Balaban J connectivity index is 1.87. The van der Waals surface area contributed by atoms with Gasteiger partial charge in [0.1, 0.15) is 19.1 Å². The maximum absolute atomic E-state index is 13.7. The zero-order chi connectivity index (χ0) is 15.3. The molecule has 1 atom stereocenters. The van der Waals surface area contributed by atoms with E-state index in [1.54, 1.807) is 0 Å². The van der Waals surface area contributed by atoms with Crippen molar-refractivity contribution >= 4 is 0 Å². The molecule has 22 heavy (non-hydrogen) atoms. The summed E-state index contributed by atoms with van der Waals surface area (Å²) in [6, 6.07) is 20.3. The van der Waals surface area contributed by atoms with Crippen molar-refractivity contribution in [3.63, 3.8) is 0 Å². The van der Waals surface area contributed by atoms with E-state index in [2.05, 4.69) is 36.4 Å². The molecule has 2 aromatic carbocycles. The minimum Gasteiger partial charge on any atom is -0.632 e. The lowest BCUT2D eigenvalue weighted by Gasteiger charge is -2.49. The number of hydrogen-bond acceptors (Lipinski definition) is 1. The first kappa shape index (κ1) is 15.0. The Morgan fingerprint density at radius 3 is 1.86 bits per heavy atom. The number of benzene rings is 2. The molecule has 0 fully saturated rings. The van der Waals surface area contributed by atoms with E-state index in [0.29, 0.717) is 13.1 Å². The number of hydrogen-bond donors (Lipinski definition) is 0. The van der Waals surface area contributed by atoms with Gasteiger partial charge in [0.2, 0.25) is 0 Å². The van der Waals surface area contributed by atoms with Gasteiger partial charge in [0.05, 0.1) is 0 Å². The molecule has 2 heteroatoms. The fourth-order valence-corrected chi connectivity index (χ4v) is 3.26. The van der Waals surface area contributed by atoms with Gasteiger partial charge in [0.25, 0.3) is 0 Å². The molecule has 0 aliphatic heterocycles. The third-order valence-corrected chi connectivity index (χ3v) is 4.42. The molecule has 1 aliphatic rings. The van der Waals surface area contributed by atoms with E-state index in [-0.39, 0.29) is 10.7 Å². The maximum atomic E-state index is 13.7. The SMILES string of the molecule is [O-][N+](Cc1ccccc1)(Cc1ccccc1)C1C=CCCC1. The third kappa shape index (κ3) is 3.65. The first-order valence-corrected chi connectivity index (χ1v) is 8.08. The Hall–Kier alpha value is -1.90. The van der Waals surface area contributed by atoms with Crippen LogP contribution in [0, 0.1) is 5.21 Å². The van der Waals surface area contributed by atoms with Gasteiger partial charge < -0.3 is 9.85 Å². The van der Waals surface area contributed by atoms with E-state index >= 15 is 0 Å². The van der Waals surface area contributed by atoms with Crippen LogP contribution >= 0.6 is 0 Å². The summed E-state index contributed by atoms with van der Waals surface area (Å²) in [5, 5.41) is 13.7. The summed E-state index contributed by atoms with van der Waals surface area (Å²) in [5.41, 5.74) is 2.24. The quantitative estimate of drug-likeness (QED) is 0.441. The van der Waals surface area contributed by atoms with E-state index < -0.39 is 0 Å². The topological polar surface area (TPSA) is 23.1 Å². The molecule has 1 unspecified atom stereocenters. The summed E-state index contributed by atoms with van der Waals surface area (Å²) in [4.78, 5) is 0. The molecule has 0 saturated heterocycles. The Morgan fingerprint density at radius 1 is 0.864 bits per heavy atom. The van der Waals surface area contributed by atoms with Gasteiger partial charge in [-0.15, -0.1) is 0 Å². The molecule has 0 amide bonds. The van der Waals surface area contributed by atoms with Crippen LogP contribution in [-0.4, -0.2) is 10.7 Å². The summed E-state index contributed by atoms with van der Waals surface area (Å²) >= 11 is 0. The fourth-order valence-electron chi connectivity index (χ4n) is 3.26. The van der Waals surface area contributed by atoms with Crippen LogP contribution < -0.4 is 0 Å². The zero-order valence-corrected chi connectivity index (χ0v) is 12.9. The molecular formula is C20H23NO. The first-order chi connectivity index (χ1) is 10.8. The maximum Gasteiger partial charge on any atom is 0.108 e. The molecule has 2 aromatic rings. The summed E-state index contributed by atoms with van der Waals surface area (Å²) in [7, 11) is 0. The van der Waals surface area contributed by atoms with Crippen LogP contribution in [0.25, 0.3) is 0 Å². The molecule has 0 radical (unpaired) electrons. The average Bonchev–Trinajstić information content (AvgIpc) is 2.57. The highest BCUT2D eigenvalue weighted by Crippen LogP contribution is 2.28. The largest absolute Gasteiger partial charge is 0.632 e. The van der Waals surface area contributed by atoms with Crippen molar-refractivity contribution < 1.29 is 4.65 Å². The minimum atomic E-state index is -0.190. The Bertz CT molecular complexity index is 565. The van der Waals surface area contributed by atoms with Gasteiger partial charge in [-0.3, -0.25) is 0 Å². The Morgan fingerprint density at radius 2 is 1.41 bits per heavy atom. The van der Waals surface area contributed by atoms with Gasteiger partial charge >= 0.3 is 0 Å². The highest BCUT2D eigenvalue weighted by atomic mass is 16.5. The molecule has 3 rings (SSSR count). The van der Waals surface area contributed by atoms with Crippen molar-refractivity contribution in [2.45, 2.75) is 38.4 Å². The number of allylic oxidation sites excluding steroid dienone is 1. The second-order valence-corrected chi connectivity index (χ2v) is 6.17. The Kier molecular flexibility index (Phi) is 4.71. The highest BCUT2D eigenvalue weighted by Gasteiger charge is 2.28. The van der Waals surface area contributed by atoms with Crippen molar-refractivity contribution in [2.24, 2.45) is 0 Å². The summed E-state index contributed by atoms with van der Waals surface area (Å²) in [5.74, 6) is 0. The molecule has 0 spiro atoms. The predicted molar refractivity (Wildman–Crippen MR) is 90.7 cm³/mol. The molecule has 0 heterocycles. The van der Waals surface area contributed by atoms with E-state index in [1.165, 1.54) is 0 Å². The highest BCUT2D eigenvalue weighted by molar-refractivity contribution is 5.16. The molecule has 2 nitrogen and oxygen atoms in total. The number of hydroxylamine groups is 3. The van der Waals surface area contributed by atoms with Gasteiger partial charge in [-0.2, -0.15) is 0 Å². The molecule has 114 valence electrons. The Labute approximate surface area is 132 Å². The van der Waals surface area contributed by atoms with E-state index in [1.807, 2.05) is 36.4 Å². The van der Waals surface area contributed by atoms with Crippen LogP contribution in [-0.2, 0) is 13.1 Å². The van der Waals surface area contributed by atoms with Gasteiger partial charge in [0.15, 0.2) is 0 Å². The van der Waals surface area contributed by atoms with Gasteiger partial charge in [0, 0.05) is 17.5 Å². The van der Waals surface area contributed by atoms with Gasteiger partial charge in [-0.05, 0) is 18.9 Å². The van der Waals surface area contributed by atoms with Crippen LogP contribution in [0.2, 0.25) is 0 Å². The van der Waals surface area contributed by atoms with E-state index in [4.69, 9.17) is 0 Å². The standard InChI is InChI=1S/C20H23NO/c22-21(20-14-8-3-9-15-20,16-18-10-4-1-5-11-18)17-19-12-6-2-7-13-19/h1-2,4-8,10-14,20H,3,9,15-17H2. The summed E-state index contributed by atoms with van der Waals surface area (Å²) in [6.07, 6.45) is 7.53. The van der Waals surface area contributed by atoms with Gasteiger partial charge in [-0.1, -0.05) is 66.7 Å². The third-order valence-electron chi connectivity index (χ3n) is 4.42. The molecule has 0 saturated carbocycles. The first-order valence-electron chi connectivity index (χ1n) is 8.08. The number of nitrogens with zero attached hydrogens (tertiary/aromatic N) is 1. The minimum absolute atomic E-state index is 0.0640. The molecule has 0 N–H and O–H groups in total. The summed E-state index contributed by atoms with van der Waals surface area (Å²) in [6.45, 7) is 1.06. The predicted octanol–water partition coefficient (Wildman–Crippen LogP) is 4.81. The molecular weight excluding hydrogens is 270 g/mol. The second kappa shape index (κ2) is 6.91. The van der Waals surface area contributed by atoms with Crippen molar-refractivity contribution in [1.29, 1.82) is 0 Å².